The lowest BCUT2D eigenvalue weighted by molar-refractivity contribution is 0.103. The van der Waals surface area contributed by atoms with Crippen molar-refractivity contribution in [1.29, 1.82) is 0 Å². The number of imidazole rings is 1. The summed E-state index contributed by atoms with van der Waals surface area (Å²) in [6.45, 7) is 0. The smallest absolute Gasteiger partial charge is 0.212 e. The van der Waals surface area contributed by atoms with Gasteiger partial charge in [-0.25, -0.2) is 4.98 Å². The molecule has 3 nitrogen and oxygen atoms in total. The maximum atomic E-state index is 12.3. The van der Waals surface area contributed by atoms with Gasteiger partial charge in [0.15, 0.2) is 0 Å². The Bertz CT molecular complexity index is 750. The Morgan fingerprint density at radius 1 is 1.05 bits per heavy atom. The fourth-order valence-corrected chi connectivity index (χ4v) is 2.34. The molecule has 0 bridgehead atoms. The zero-order valence-corrected chi connectivity index (χ0v) is 12.1. The highest BCUT2D eigenvalue weighted by Gasteiger charge is 2.12. The third-order valence-electron chi connectivity index (χ3n) is 2.96. The van der Waals surface area contributed by atoms with Crippen LogP contribution in [0, 0.1) is 0 Å². The Balaban J connectivity index is 1.93. The number of carbonyl (C=O) groups is 1. The molecule has 4 heteroatoms. The first-order valence-corrected chi connectivity index (χ1v) is 6.93. The van der Waals surface area contributed by atoms with Crippen molar-refractivity contribution in [3.05, 3.63) is 82.9 Å². The van der Waals surface area contributed by atoms with Gasteiger partial charge in [0, 0.05) is 21.9 Å². The van der Waals surface area contributed by atoms with E-state index in [1.165, 1.54) is 0 Å². The molecule has 0 radical (unpaired) electrons. The van der Waals surface area contributed by atoms with Gasteiger partial charge in [0.25, 0.3) is 0 Å². The highest BCUT2D eigenvalue weighted by molar-refractivity contribution is 9.10. The molecule has 0 aliphatic heterocycles. The first-order chi connectivity index (χ1) is 9.74. The molecule has 2 aromatic carbocycles. The molecule has 0 N–H and O–H groups in total. The normalized spacial score (nSPS) is 10.4. The molecule has 0 unspecified atom stereocenters. The van der Waals surface area contributed by atoms with Crippen LogP contribution in [0.3, 0.4) is 0 Å². The second kappa shape index (κ2) is 5.43. The van der Waals surface area contributed by atoms with Gasteiger partial charge in [-0.2, -0.15) is 0 Å². The van der Waals surface area contributed by atoms with Gasteiger partial charge in [0.05, 0.1) is 0 Å². The van der Waals surface area contributed by atoms with Crippen molar-refractivity contribution in [3.63, 3.8) is 0 Å². The van der Waals surface area contributed by atoms with Gasteiger partial charge in [-0.05, 0) is 18.2 Å². The van der Waals surface area contributed by atoms with E-state index < -0.39 is 0 Å². The van der Waals surface area contributed by atoms with Crippen LogP contribution in [-0.4, -0.2) is 15.3 Å². The summed E-state index contributed by atoms with van der Waals surface area (Å²) in [4.78, 5) is 16.5. The summed E-state index contributed by atoms with van der Waals surface area (Å²) in [5.41, 5.74) is 2.04. The van der Waals surface area contributed by atoms with Crippen molar-refractivity contribution in [2.24, 2.45) is 0 Å². The summed E-state index contributed by atoms with van der Waals surface area (Å²) in [6.07, 6.45) is 3.40. The molecule has 0 aliphatic carbocycles. The van der Waals surface area contributed by atoms with Crippen molar-refractivity contribution < 1.29 is 4.79 Å². The van der Waals surface area contributed by atoms with Crippen molar-refractivity contribution in [2.75, 3.05) is 0 Å². The lowest BCUT2D eigenvalue weighted by Crippen LogP contribution is -2.01. The van der Waals surface area contributed by atoms with Gasteiger partial charge in [-0.15, -0.1) is 0 Å². The van der Waals surface area contributed by atoms with E-state index in [1.54, 1.807) is 24.7 Å². The molecule has 0 amide bonds. The third kappa shape index (κ3) is 2.56. The number of carbonyl (C=O) groups excluding carboxylic acids is 1. The first kappa shape index (κ1) is 12.8. The summed E-state index contributed by atoms with van der Waals surface area (Å²) in [5, 5.41) is 0. The predicted molar refractivity (Wildman–Crippen MR) is 81.1 cm³/mol. The highest BCUT2D eigenvalue weighted by Crippen LogP contribution is 2.16. The van der Waals surface area contributed by atoms with E-state index in [1.807, 2.05) is 47.0 Å². The van der Waals surface area contributed by atoms with Crippen LogP contribution >= 0.6 is 15.9 Å². The maximum absolute atomic E-state index is 12.3. The van der Waals surface area contributed by atoms with Crippen LogP contribution in [0.1, 0.15) is 16.1 Å². The molecule has 3 rings (SSSR count). The lowest BCUT2D eigenvalue weighted by Gasteiger charge is -2.01. The van der Waals surface area contributed by atoms with Gasteiger partial charge in [-0.1, -0.05) is 52.3 Å². The van der Waals surface area contributed by atoms with Crippen LogP contribution < -0.4 is 0 Å². The molecule has 0 saturated carbocycles. The Hall–Kier alpha value is -2.20. The van der Waals surface area contributed by atoms with Crippen molar-refractivity contribution in [1.82, 2.24) is 9.55 Å². The van der Waals surface area contributed by atoms with Crippen molar-refractivity contribution >= 4 is 21.7 Å². The summed E-state index contributed by atoms with van der Waals surface area (Å²) in [6, 6.07) is 17.0. The van der Waals surface area contributed by atoms with Crippen molar-refractivity contribution in [2.45, 2.75) is 0 Å². The molecular weight excluding hydrogens is 316 g/mol. The van der Waals surface area contributed by atoms with Gasteiger partial charge < -0.3 is 4.57 Å². The molecule has 1 aromatic heterocycles. The van der Waals surface area contributed by atoms with E-state index in [9.17, 15) is 4.79 Å². The Morgan fingerprint density at radius 3 is 2.60 bits per heavy atom. The van der Waals surface area contributed by atoms with Gasteiger partial charge in [0.1, 0.15) is 12.0 Å². The largest absolute Gasteiger partial charge is 0.305 e. The van der Waals surface area contributed by atoms with E-state index in [0.29, 0.717) is 11.3 Å². The number of halogens is 1. The molecule has 0 fully saturated rings. The fraction of sp³-hybridized carbons (Fsp3) is 0. The van der Waals surface area contributed by atoms with Gasteiger partial charge >= 0.3 is 0 Å². The van der Waals surface area contributed by atoms with Crippen molar-refractivity contribution in [3.8, 4) is 5.69 Å². The maximum Gasteiger partial charge on any atom is 0.212 e. The number of benzene rings is 2. The fourth-order valence-electron chi connectivity index (χ4n) is 1.96. The highest BCUT2D eigenvalue weighted by atomic mass is 79.9. The molecule has 20 heavy (non-hydrogen) atoms. The first-order valence-electron chi connectivity index (χ1n) is 6.14. The predicted octanol–water partition coefficient (Wildman–Crippen LogP) is 3.87. The lowest BCUT2D eigenvalue weighted by atomic mass is 10.1. The molecule has 1 heterocycles. The van der Waals surface area contributed by atoms with E-state index in [0.717, 1.165) is 10.2 Å². The minimum absolute atomic E-state index is 0.0700. The minimum atomic E-state index is -0.0700. The zero-order valence-electron chi connectivity index (χ0n) is 10.5. The van der Waals surface area contributed by atoms with Gasteiger partial charge in [0.2, 0.25) is 5.78 Å². The Labute approximate surface area is 125 Å². The van der Waals surface area contributed by atoms with Crippen LogP contribution in [-0.2, 0) is 0 Å². The molecule has 0 saturated heterocycles. The van der Waals surface area contributed by atoms with E-state index >= 15 is 0 Å². The van der Waals surface area contributed by atoms with E-state index in [4.69, 9.17) is 0 Å². The zero-order chi connectivity index (χ0) is 13.9. The second-order valence-corrected chi connectivity index (χ2v) is 5.26. The summed E-state index contributed by atoms with van der Waals surface area (Å²) in [5.74, 6) is -0.0700. The molecule has 0 aliphatic rings. The molecule has 0 spiro atoms. The summed E-state index contributed by atoms with van der Waals surface area (Å²) in [7, 11) is 0. The standard InChI is InChI=1S/C16H11BrN2O/c17-13-7-4-8-14(9-13)19-10-15(18-11-19)16(20)12-5-2-1-3-6-12/h1-11H. The number of nitrogens with zero attached hydrogens (tertiary/aromatic N) is 2. The summed E-state index contributed by atoms with van der Waals surface area (Å²) >= 11 is 3.43. The molecular formula is C16H11BrN2O. The SMILES string of the molecule is O=C(c1ccccc1)c1cn(-c2cccc(Br)c2)cn1. The molecule has 0 atom stereocenters. The monoisotopic (exact) mass is 326 g/mol. The Kier molecular flexibility index (Phi) is 3.48. The molecule has 98 valence electrons. The topological polar surface area (TPSA) is 34.9 Å². The Morgan fingerprint density at radius 2 is 1.85 bits per heavy atom. The number of rotatable bonds is 3. The van der Waals surface area contributed by atoms with E-state index in [2.05, 4.69) is 20.9 Å². The third-order valence-corrected chi connectivity index (χ3v) is 3.45. The summed E-state index contributed by atoms with van der Waals surface area (Å²) < 4.78 is 2.82. The van der Waals surface area contributed by atoms with E-state index in [-0.39, 0.29) is 5.78 Å². The van der Waals surface area contributed by atoms with Crippen LogP contribution in [0.2, 0.25) is 0 Å². The number of hydrogen-bond acceptors (Lipinski definition) is 2. The van der Waals surface area contributed by atoms with Crippen LogP contribution in [0.25, 0.3) is 5.69 Å². The van der Waals surface area contributed by atoms with Crippen LogP contribution in [0.5, 0.6) is 0 Å². The second-order valence-electron chi connectivity index (χ2n) is 4.34. The van der Waals surface area contributed by atoms with Crippen LogP contribution in [0.15, 0.2) is 71.6 Å². The average Bonchev–Trinajstić information content (AvgIpc) is 2.97. The number of aromatic nitrogens is 2. The number of ketones is 1. The minimum Gasteiger partial charge on any atom is -0.305 e. The van der Waals surface area contributed by atoms with Gasteiger partial charge in [-0.3, -0.25) is 4.79 Å². The number of hydrogen-bond donors (Lipinski definition) is 0. The molecule has 3 aromatic rings. The van der Waals surface area contributed by atoms with Crippen LogP contribution in [0.4, 0.5) is 0 Å². The quantitative estimate of drug-likeness (QED) is 0.685. The average molecular weight is 327 g/mol.